The van der Waals surface area contributed by atoms with Crippen molar-refractivity contribution in [2.24, 2.45) is 5.73 Å². The molecule has 0 fully saturated rings. The van der Waals surface area contributed by atoms with Crippen LogP contribution in [0.25, 0.3) is 10.8 Å². The van der Waals surface area contributed by atoms with Gasteiger partial charge in [-0.25, -0.2) is 4.79 Å². The molecule has 0 aromatic heterocycles. The average Bonchev–Trinajstić information content (AvgIpc) is 2.17. The normalized spacial score (nSPS) is 8.86. The number of hydrogen-bond donors (Lipinski definition) is 2. The van der Waals surface area contributed by atoms with E-state index in [0.29, 0.717) is 0 Å². The number of amides is 1. The first-order valence-electron chi connectivity index (χ1n) is 4.12. The first-order valence-corrected chi connectivity index (χ1v) is 4.12. The van der Waals surface area contributed by atoms with Crippen LogP contribution in [0.2, 0.25) is 0 Å². The van der Waals surface area contributed by atoms with Crippen molar-refractivity contribution in [3.63, 3.8) is 0 Å². The van der Waals surface area contributed by atoms with Gasteiger partial charge in [0.2, 0.25) is 0 Å². The van der Waals surface area contributed by atoms with Gasteiger partial charge in [-0.2, -0.15) is 0 Å². The standard InChI is InChI=1S/C10H8.CH3NO2/c1-2-6-10-8-4-3-7-9(10)5-1;2-1(3)4/h1-8H;2H2,(H,3,4). The van der Waals surface area contributed by atoms with E-state index in [-0.39, 0.29) is 0 Å². The van der Waals surface area contributed by atoms with Crippen molar-refractivity contribution in [2.45, 2.75) is 0 Å². The van der Waals surface area contributed by atoms with Crippen molar-refractivity contribution in [3.05, 3.63) is 48.5 Å². The van der Waals surface area contributed by atoms with Gasteiger partial charge >= 0.3 is 6.09 Å². The molecule has 3 heteroatoms. The zero-order chi connectivity index (χ0) is 10.4. The molecule has 0 saturated heterocycles. The zero-order valence-electron chi connectivity index (χ0n) is 7.55. The van der Waals surface area contributed by atoms with Crippen LogP contribution < -0.4 is 5.73 Å². The number of carboxylic acid groups (broad SMARTS) is 1. The minimum absolute atomic E-state index is 1.31. The lowest BCUT2D eigenvalue weighted by Gasteiger charge is -1.92. The zero-order valence-corrected chi connectivity index (χ0v) is 7.55. The van der Waals surface area contributed by atoms with Crippen molar-refractivity contribution >= 4 is 16.9 Å². The van der Waals surface area contributed by atoms with Crippen molar-refractivity contribution in [2.75, 3.05) is 0 Å². The van der Waals surface area contributed by atoms with E-state index < -0.39 is 6.09 Å². The third kappa shape index (κ3) is 3.15. The van der Waals surface area contributed by atoms with E-state index >= 15 is 0 Å². The smallest absolute Gasteiger partial charge is 0.402 e. The molecular formula is C11H11NO2. The summed E-state index contributed by atoms with van der Waals surface area (Å²) in [6, 6.07) is 16.7. The lowest BCUT2D eigenvalue weighted by molar-refractivity contribution is 0.205. The second-order valence-electron chi connectivity index (χ2n) is 2.69. The third-order valence-electron chi connectivity index (χ3n) is 1.66. The van der Waals surface area contributed by atoms with Gasteiger partial charge < -0.3 is 10.8 Å². The lowest BCUT2D eigenvalue weighted by atomic mass is 10.1. The highest BCUT2D eigenvalue weighted by molar-refractivity contribution is 5.81. The van der Waals surface area contributed by atoms with Crippen LogP contribution in [-0.2, 0) is 0 Å². The Balaban J connectivity index is 0.000000213. The molecule has 0 radical (unpaired) electrons. The molecule has 2 aromatic rings. The molecule has 2 aromatic carbocycles. The molecule has 2 rings (SSSR count). The Morgan fingerprint density at radius 2 is 1.14 bits per heavy atom. The molecule has 3 nitrogen and oxygen atoms in total. The second-order valence-corrected chi connectivity index (χ2v) is 2.69. The van der Waals surface area contributed by atoms with Crippen LogP contribution in [0.5, 0.6) is 0 Å². The van der Waals surface area contributed by atoms with E-state index in [2.05, 4.69) is 54.3 Å². The fourth-order valence-electron chi connectivity index (χ4n) is 1.13. The van der Waals surface area contributed by atoms with Gasteiger partial charge in [-0.3, -0.25) is 0 Å². The maximum atomic E-state index is 8.78. The van der Waals surface area contributed by atoms with Crippen molar-refractivity contribution in [1.29, 1.82) is 0 Å². The van der Waals surface area contributed by atoms with E-state index in [1.807, 2.05) is 0 Å². The van der Waals surface area contributed by atoms with Crippen LogP contribution in [-0.4, -0.2) is 11.2 Å². The monoisotopic (exact) mass is 189 g/mol. The van der Waals surface area contributed by atoms with Crippen LogP contribution in [0.1, 0.15) is 0 Å². The number of primary amides is 1. The van der Waals surface area contributed by atoms with Gasteiger partial charge in [0.25, 0.3) is 0 Å². The predicted octanol–water partition coefficient (Wildman–Crippen LogP) is 2.46. The number of carbonyl (C=O) groups is 1. The topological polar surface area (TPSA) is 63.3 Å². The molecule has 0 unspecified atom stereocenters. The molecule has 0 heterocycles. The molecule has 0 saturated carbocycles. The van der Waals surface area contributed by atoms with Crippen LogP contribution in [0.4, 0.5) is 4.79 Å². The van der Waals surface area contributed by atoms with Gasteiger partial charge in [0.15, 0.2) is 0 Å². The summed E-state index contributed by atoms with van der Waals surface area (Å²) in [5.74, 6) is 0. The summed E-state index contributed by atoms with van der Waals surface area (Å²) in [4.78, 5) is 8.78. The highest BCUT2D eigenvalue weighted by atomic mass is 16.4. The van der Waals surface area contributed by atoms with E-state index in [0.717, 1.165) is 0 Å². The van der Waals surface area contributed by atoms with E-state index in [1.54, 1.807) is 0 Å². The Morgan fingerprint density at radius 3 is 1.36 bits per heavy atom. The van der Waals surface area contributed by atoms with Crippen molar-refractivity contribution < 1.29 is 9.90 Å². The summed E-state index contributed by atoms with van der Waals surface area (Å²) in [6.45, 7) is 0. The van der Waals surface area contributed by atoms with E-state index in [1.165, 1.54) is 10.8 Å². The minimum atomic E-state index is -1.33. The first-order chi connectivity index (χ1) is 6.70. The molecule has 3 N–H and O–H groups in total. The molecule has 0 aliphatic carbocycles. The maximum Gasteiger partial charge on any atom is 0.402 e. The van der Waals surface area contributed by atoms with Crippen LogP contribution in [0.15, 0.2) is 48.5 Å². The summed E-state index contributed by atoms with van der Waals surface area (Å²) in [6.07, 6.45) is -1.33. The van der Waals surface area contributed by atoms with Crippen LogP contribution in [0, 0.1) is 0 Å². The Morgan fingerprint density at radius 1 is 0.929 bits per heavy atom. The molecule has 1 amide bonds. The van der Waals surface area contributed by atoms with Crippen LogP contribution in [0.3, 0.4) is 0 Å². The summed E-state index contributed by atoms with van der Waals surface area (Å²) in [5, 5.41) is 9.81. The Kier molecular flexibility index (Phi) is 3.49. The third-order valence-corrected chi connectivity index (χ3v) is 1.66. The first kappa shape index (κ1) is 10.1. The van der Waals surface area contributed by atoms with Gasteiger partial charge in [0, 0.05) is 0 Å². The molecule has 0 spiro atoms. The molecule has 14 heavy (non-hydrogen) atoms. The van der Waals surface area contributed by atoms with E-state index in [4.69, 9.17) is 9.90 Å². The fraction of sp³-hybridized carbons (Fsp3) is 0. The van der Waals surface area contributed by atoms with E-state index in [9.17, 15) is 0 Å². The number of rotatable bonds is 0. The van der Waals surface area contributed by atoms with Crippen molar-refractivity contribution in [3.8, 4) is 0 Å². The highest BCUT2D eigenvalue weighted by Crippen LogP contribution is 2.11. The molecule has 0 aliphatic rings. The van der Waals surface area contributed by atoms with Gasteiger partial charge in [-0.1, -0.05) is 48.5 Å². The molecule has 0 aliphatic heterocycles. The van der Waals surface area contributed by atoms with Gasteiger partial charge in [0.05, 0.1) is 0 Å². The van der Waals surface area contributed by atoms with Gasteiger partial charge in [-0.15, -0.1) is 0 Å². The summed E-state index contributed by atoms with van der Waals surface area (Å²) >= 11 is 0. The van der Waals surface area contributed by atoms with Gasteiger partial charge in [-0.05, 0) is 10.8 Å². The average molecular weight is 189 g/mol. The number of hydrogen-bond acceptors (Lipinski definition) is 1. The maximum absolute atomic E-state index is 8.78. The lowest BCUT2D eigenvalue weighted by Crippen LogP contribution is -2.03. The molecule has 72 valence electrons. The predicted molar refractivity (Wildman–Crippen MR) is 56.2 cm³/mol. The molecular weight excluding hydrogens is 178 g/mol. The number of benzene rings is 2. The van der Waals surface area contributed by atoms with Crippen LogP contribution >= 0.6 is 0 Å². The Bertz CT molecular complexity index is 357. The molecule has 0 bridgehead atoms. The highest BCUT2D eigenvalue weighted by Gasteiger charge is 1.85. The number of fused-ring (bicyclic) bond motifs is 1. The Hall–Kier alpha value is -2.03. The second kappa shape index (κ2) is 4.87. The minimum Gasteiger partial charge on any atom is -0.465 e. The fourth-order valence-corrected chi connectivity index (χ4v) is 1.13. The molecule has 0 atom stereocenters. The van der Waals surface area contributed by atoms with Gasteiger partial charge in [0.1, 0.15) is 0 Å². The summed E-state index contributed by atoms with van der Waals surface area (Å²) in [7, 11) is 0. The summed E-state index contributed by atoms with van der Waals surface area (Å²) in [5.41, 5.74) is 4.03. The summed E-state index contributed by atoms with van der Waals surface area (Å²) < 4.78 is 0. The largest absolute Gasteiger partial charge is 0.465 e. The Labute approximate surface area is 81.8 Å². The quantitative estimate of drug-likeness (QED) is 0.668. The van der Waals surface area contributed by atoms with Crippen molar-refractivity contribution in [1.82, 2.24) is 0 Å². The number of nitrogens with two attached hydrogens (primary N) is 1. The SMILES string of the molecule is NC(=O)O.c1ccc2ccccc2c1.